The van der Waals surface area contributed by atoms with Gasteiger partial charge in [-0.25, -0.2) is 0 Å². The molecule has 0 aliphatic rings. The van der Waals surface area contributed by atoms with E-state index in [1.54, 1.807) is 7.11 Å². The minimum atomic E-state index is -0.540. The molecule has 0 heterocycles. The van der Waals surface area contributed by atoms with Gasteiger partial charge < -0.3 is 9.84 Å². The van der Waals surface area contributed by atoms with Gasteiger partial charge in [0.2, 0.25) is 0 Å². The molecular weight excluding hydrogens is 266 g/mol. The van der Waals surface area contributed by atoms with Gasteiger partial charge in [0.25, 0.3) is 5.69 Å². The van der Waals surface area contributed by atoms with Crippen LogP contribution in [0.25, 0.3) is 0 Å². The van der Waals surface area contributed by atoms with Gasteiger partial charge in [0, 0.05) is 11.0 Å². The molecule has 2 aromatic rings. The quantitative estimate of drug-likeness (QED) is 0.684. The topological polar surface area (TPSA) is 72.6 Å². The van der Waals surface area contributed by atoms with Crippen molar-refractivity contribution in [1.82, 2.24) is 0 Å². The number of phenols is 1. The summed E-state index contributed by atoms with van der Waals surface area (Å²) >= 11 is 1.33. The monoisotopic (exact) mass is 277 g/mol. The number of ether oxygens (including phenoxy) is 1. The van der Waals surface area contributed by atoms with Gasteiger partial charge in [-0.1, -0.05) is 11.8 Å². The van der Waals surface area contributed by atoms with Crippen LogP contribution in [0.3, 0.4) is 0 Å². The van der Waals surface area contributed by atoms with Gasteiger partial charge in [0.15, 0.2) is 0 Å². The van der Waals surface area contributed by atoms with Crippen molar-refractivity contribution < 1.29 is 14.8 Å². The number of nitro groups is 1. The van der Waals surface area contributed by atoms with Crippen LogP contribution in [-0.4, -0.2) is 17.1 Å². The molecule has 0 aromatic heterocycles. The minimum absolute atomic E-state index is 0.102. The molecule has 0 radical (unpaired) electrons. The minimum Gasteiger partial charge on any atom is -0.507 e. The fraction of sp³-hybridized carbons (Fsp3) is 0.0769. The first kappa shape index (κ1) is 13.2. The maximum Gasteiger partial charge on any atom is 0.273 e. The third kappa shape index (κ3) is 3.17. The summed E-state index contributed by atoms with van der Waals surface area (Å²) in [6.07, 6.45) is 0. The lowest BCUT2D eigenvalue weighted by molar-refractivity contribution is -0.385. The molecule has 0 aliphatic heterocycles. The van der Waals surface area contributed by atoms with Crippen molar-refractivity contribution in [3.8, 4) is 11.5 Å². The molecule has 0 amide bonds. The summed E-state index contributed by atoms with van der Waals surface area (Å²) in [6.45, 7) is 0. The standard InChI is InChI=1S/C13H11NO4S/c1-18-10-3-5-11(6-4-10)19-13-7-2-9(14(16)17)8-12(13)15/h2-8,15H,1H3. The summed E-state index contributed by atoms with van der Waals surface area (Å²) in [5.74, 6) is 0.646. The molecule has 0 spiro atoms. The number of nitrogens with zero attached hydrogens (tertiary/aromatic N) is 1. The molecular formula is C13H11NO4S. The zero-order valence-electron chi connectivity index (χ0n) is 10.1. The highest BCUT2D eigenvalue weighted by molar-refractivity contribution is 7.99. The number of non-ortho nitro benzene ring substituents is 1. The van der Waals surface area contributed by atoms with E-state index in [0.717, 1.165) is 16.7 Å². The summed E-state index contributed by atoms with van der Waals surface area (Å²) in [5.41, 5.74) is -0.128. The van der Waals surface area contributed by atoms with Gasteiger partial charge in [-0.3, -0.25) is 10.1 Å². The van der Waals surface area contributed by atoms with Crippen molar-refractivity contribution >= 4 is 17.4 Å². The normalized spacial score (nSPS) is 10.2. The number of aromatic hydroxyl groups is 1. The first-order chi connectivity index (χ1) is 9.10. The predicted octanol–water partition coefficient (Wildman–Crippen LogP) is 3.46. The maximum atomic E-state index is 10.6. The van der Waals surface area contributed by atoms with Crippen LogP contribution in [0.2, 0.25) is 0 Å². The molecule has 0 saturated carbocycles. The summed E-state index contributed by atoms with van der Waals surface area (Å²) in [4.78, 5) is 11.5. The van der Waals surface area contributed by atoms with Crippen molar-refractivity contribution in [3.63, 3.8) is 0 Å². The molecule has 2 aromatic carbocycles. The first-order valence-electron chi connectivity index (χ1n) is 5.39. The van der Waals surface area contributed by atoms with Crippen LogP contribution in [0.5, 0.6) is 11.5 Å². The van der Waals surface area contributed by atoms with Gasteiger partial charge in [-0.05, 0) is 30.3 Å². The number of hydrogen-bond acceptors (Lipinski definition) is 5. The Morgan fingerprint density at radius 1 is 1.21 bits per heavy atom. The van der Waals surface area contributed by atoms with Crippen LogP contribution in [-0.2, 0) is 0 Å². The van der Waals surface area contributed by atoms with Crippen molar-refractivity contribution in [2.45, 2.75) is 9.79 Å². The molecule has 1 N–H and O–H groups in total. The van der Waals surface area contributed by atoms with Gasteiger partial charge in [-0.15, -0.1) is 0 Å². The highest BCUT2D eigenvalue weighted by atomic mass is 32.2. The largest absolute Gasteiger partial charge is 0.507 e. The van der Waals surface area contributed by atoms with E-state index in [-0.39, 0.29) is 11.4 Å². The van der Waals surface area contributed by atoms with Crippen molar-refractivity contribution in [1.29, 1.82) is 0 Å². The number of hydrogen-bond donors (Lipinski definition) is 1. The van der Waals surface area contributed by atoms with Crippen LogP contribution in [0.4, 0.5) is 5.69 Å². The Kier molecular flexibility index (Phi) is 3.91. The second-order valence-corrected chi connectivity index (χ2v) is 4.80. The van der Waals surface area contributed by atoms with Crippen LogP contribution in [0.1, 0.15) is 0 Å². The smallest absolute Gasteiger partial charge is 0.273 e. The van der Waals surface area contributed by atoms with Crippen LogP contribution in [0.15, 0.2) is 52.3 Å². The molecule has 0 atom stereocenters. The fourth-order valence-corrected chi connectivity index (χ4v) is 2.30. The van der Waals surface area contributed by atoms with E-state index in [2.05, 4.69) is 0 Å². The number of rotatable bonds is 4. The van der Waals surface area contributed by atoms with E-state index in [1.165, 1.54) is 23.9 Å². The Balaban J connectivity index is 2.20. The lowest BCUT2D eigenvalue weighted by Crippen LogP contribution is -1.87. The SMILES string of the molecule is COc1ccc(Sc2ccc([N+](=O)[O-])cc2O)cc1. The van der Waals surface area contributed by atoms with Crippen LogP contribution in [0, 0.1) is 10.1 Å². The summed E-state index contributed by atoms with van der Waals surface area (Å²) in [5, 5.41) is 20.3. The van der Waals surface area contributed by atoms with E-state index in [0.29, 0.717) is 4.90 Å². The maximum absolute atomic E-state index is 10.6. The van der Waals surface area contributed by atoms with Crippen molar-refractivity contribution in [2.24, 2.45) is 0 Å². The Morgan fingerprint density at radius 2 is 1.89 bits per heavy atom. The Labute approximate surface area is 114 Å². The molecule has 0 saturated heterocycles. The zero-order chi connectivity index (χ0) is 13.8. The van der Waals surface area contributed by atoms with Crippen LogP contribution < -0.4 is 4.74 Å². The average molecular weight is 277 g/mol. The predicted molar refractivity (Wildman–Crippen MR) is 71.9 cm³/mol. The molecule has 19 heavy (non-hydrogen) atoms. The van der Waals surface area contributed by atoms with E-state index >= 15 is 0 Å². The number of phenolic OH excluding ortho intramolecular Hbond substituents is 1. The first-order valence-corrected chi connectivity index (χ1v) is 6.21. The van der Waals surface area contributed by atoms with Gasteiger partial charge >= 0.3 is 0 Å². The molecule has 98 valence electrons. The number of methoxy groups -OCH3 is 1. The van der Waals surface area contributed by atoms with Gasteiger partial charge in [0.1, 0.15) is 11.5 Å². The fourth-order valence-electron chi connectivity index (χ4n) is 1.48. The van der Waals surface area contributed by atoms with E-state index in [4.69, 9.17) is 4.74 Å². The lowest BCUT2D eigenvalue weighted by atomic mass is 10.3. The molecule has 0 fully saturated rings. The molecule has 2 rings (SSSR count). The second-order valence-electron chi connectivity index (χ2n) is 3.69. The van der Waals surface area contributed by atoms with E-state index in [1.807, 2.05) is 24.3 Å². The Hall–Kier alpha value is -2.21. The van der Waals surface area contributed by atoms with Crippen LogP contribution >= 0.6 is 11.8 Å². The number of nitro benzene ring substituents is 1. The molecule has 0 unspecified atom stereocenters. The highest BCUT2D eigenvalue weighted by Gasteiger charge is 2.10. The lowest BCUT2D eigenvalue weighted by Gasteiger charge is -2.05. The van der Waals surface area contributed by atoms with Gasteiger partial charge in [-0.2, -0.15) is 0 Å². The summed E-state index contributed by atoms with van der Waals surface area (Å²) in [6, 6.07) is 11.4. The third-order valence-electron chi connectivity index (χ3n) is 2.44. The molecule has 0 aliphatic carbocycles. The second kappa shape index (κ2) is 5.62. The molecule has 5 nitrogen and oxygen atoms in total. The molecule has 0 bridgehead atoms. The van der Waals surface area contributed by atoms with E-state index in [9.17, 15) is 15.2 Å². The highest BCUT2D eigenvalue weighted by Crippen LogP contribution is 2.36. The third-order valence-corrected chi connectivity index (χ3v) is 3.51. The molecule has 6 heteroatoms. The van der Waals surface area contributed by atoms with Gasteiger partial charge in [0.05, 0.1) is 23.0 Å². The Morgan fingerprint density at radius 3 is 2.42 bits per heavy atom. The van der Waals surface area contributed by atoms with Crippen molar-refractivity contribution in [3.05, 3.63) is 52.6 Å². The van der Waals surface area contributed by atoms with E-state index < -0.39 is 4.92 Å². The average Bonchev–Trinajstić information content (AvgIpc) is 2.41. The summed E-state index contributed by atoms with van der Waals surface area (Å²) < 4.78 is 5.05. The summed E-state index contributed by atoms with van der Waals surface area (Å²) in [7, 11) is 1.59. The zero-order valence-corrected chi connectivity index (χ0v) is 10.9. The van der Waals surface area contributed by atoms with Crippen molar-refractivity contribution in [2.75, 3.05) is 7.11 Å². The number of benzene rings is 2. The Bertz CT molecular complexity index is 598.